The molecular formula is C15H15ClN2O2. The lowest BCUT2D eigenvalue weighted by molar-refractivity contribution is -0.116. The molecule has 0 aliphatic heterocycles. The maximum atomic E-state index is 11.7. The van der Waals surface area contributed by atoms with Gasteiger partial charge in [-0.25, -0.2) is 4.98 Å². The highest BCUT2D eigenvalue weighted by molar-refractivity contribution is 6.32. The standard InChI is InChI=1S/C15H15ClN2O2/c1-11-5-4-8-14(17-11)18-15(19)9-10-20-13-7-3-2-6-12(13)16/h2-8H,9-10H2,1H3,(H,17,18,19). The molecule has 4 nitrogen and oxygen atoms in total. The van der Waals surface area contributed by atoms with Crippen LogP contribution in [0, 0.1) is 6.92 Å². The Labute approximate surface area is 122 Å². The third-order valence-corrected chi connectivity index (χ3v) is 2.89. The van der Waals surface area contributed by atoms with E-state index >= 15 is 0 Å². The normalized spacial score (nSPS) is 10.1. The van der Waals surface area contributed by atoms with Crippen LogP contribution in [-0.4, -0.2) is 17.5 Å². The van der Waals surface area contributed by atoms with E-state index in [1.807, 2.05) is 31.2 Å². The molecule has 1 heterocycles. The van der Waals surface area contributed by atoms with Gasteiger partial charge in [0.1, 0.15) is 11.6 Å². The van der Waals surface area contributed by atoms with E-state index in [-0.39, 0.29) is 18.9 Å². The van der Waals surface area contributed by atoms with Gasteiger partial charge in [-0.3, -0.25) is 4.79 Å². The van der Waals surface area contributed by atoms with E-state index in [4.69, 9.17) is 16.3 Å². The number of anilines is 1. The highest BCUT2D eigenvalue weighted by Crippen LogP contribution is 2.23. The molecule has 2 aromatic rings. The molecule has 20 heavy (non-hydrogen) atoms. The Balaban J connectivity index is 1.80. The molecule has 0 saturated carbocycles. The number of nitrogens with zero attached hydrogens (tertiary/aromatic N) is 1. The number of carbonyl (C=O) groups is 1. The van der Waals surface area contributed by atoms with Crippen molar-refractivity contribution in [1.82, 2.24) is 4.98 Å². The SMILES string of the molecule is Cc1cccc(NC(=O)CCOc2ccccc2Cl)n1. The average Bonchev–Trinajstić information content (AvgIpc) is 2.41. The molecule has 0 fully saturated rings. The fraction of sp³-hybridized carbons (Fsp3) is 0.200. The number of amides is 1. The zero-order chi connectivity index (χ0) is 14.4. The molecule has 104 valence electrons. The number of rotatable bonds is 5. The molecule has 0 spiro atoms. The summed E-state index contributed by atoms with van der Waals surface area (Å²) in [5.41, 5.74) is 0.857. The van der Waals surface area contributed by atoms with Crippen LogP contribution in [0.4, 0.5) is 5.82 Å². The van der Waals surface area contributed by atoms with E-state index in [9.17, 15) is 4.79 Å². The first-order chi connectivity index (χ1) is 9.65. The van der Waals surface area contributed by atoms with Gasteiger partial charge in [-0.05, 0) is 31.2 Å². The minimum absolute atomic E-state index is 0.143. The number of para-hydroxylation sites is 1. The summed E-state index contributed by atoms with van der Waals surface area (Å²) < 4.78 is 5.46. The number of hydrogen-bond donors (Lipinski definition) is 1. The second-order valence-electron chi connectivity index (χ2n) is 4.24. The van der Waals surface area contributed by atoms with Crippen LogP contribution in [0.2, 0.25) is 5.02 Å². The van der Waals surface area contributed by atoms with Gasteiger partial charge in [-0.15, -0.1) is 0 Å². The van der Waals surface area contributed by atoms with Crippen molar-refractivity contribution in [2.75, 3.05) is 11.9 Å². The van der Waals surface area contributed by atoms with E-state index in [0.29, 0.717) is 16.6 Å². The van der Waals surface area contributed by atoms with E-state index in [1.165, 1.54) is 0 Å². The summed E-state index contributed by atoms with van der Waals surface area (Å²) in [6, 6.07) is 12.6. The zero-order valence-electron chi connectivity index (χ0n) is 11.1. The van der Waals surface area contributed by atoms with Crippen LogP contribution in [0.15, 0.2) is 42.5 Å². The lowest BCUT2D eigenvalue weighted by Crippen LogP contribution is -2.16. The van der Waals surface area contributed by atoms with Gasteiger partial charge >= 0.3 is 0 Å². The van der Waals surface area contributed by atoms with Gasteiger partial charge in [0, 0.05) is 5.69 Å². The summed E-state index contributed by atoms with van der Waals surface area (Å²) in [6.07, 6.45) is 0.237. The molecule has 1 amide bonds. The predicted molar refractivity (Wildman–Crippen MR) is 79.2 cm³/mol. The van der Waals surface area contributed by atoms with Crippen LogP contribution in [0.1, 0.15) is 12.1 Å². The van der Waals surface area contributed by atoms with Crippen LogP contribution in [-0.2, 0) is 4.79 Å². The Kier molecular flexibility index (Phi) is 4.96. The molecule has 0 unspecified atom stereocenters. The van der Waals surface area contributed by atoms with Crippen LogP contribution in [0.5, 0.6) is 5.75 Å². The van der Waals surface area contributed by atoms with Crippen molar-refractivity contribution >= 4 is 23.3 Å². The minimum Gasteiger partial charge on any atom is -0.491 e. The fourth-order valence-electron chi connectivity index (χ4n) is 1.63. The van der Waals surface area contributed by atoms with Crippen molar-refractivity contribution in [2.24, 2.45) is 0 Å². The van der Waals surface area contributed by atoms with Gasteiger partial charge < -0.3 is 10.1 Å². The number of aryl methyl sites for hydroxylation is 1. The van der Waals surface area contributed by atoms with Crippen LogP contribution in [0.3, 0.4) is 0 Å². The fourth-order valence-corrected chi connectivity index (χ4v) is 1.82. The highest BCUT2D eigenvalue weighted by Gasteiger charge is 2.05. The van der Waals surface area contributed by atoms with Crippen molar-refractivity contribution in [3.63, 3.8) is 0 Å². The number of carbonyl (C=O) groups excluding carboxylic acids is 1. The van der Waals surface area contributed by atoms with Gasteiger partial charge in [0.05, 0.1) is 18.1 Å². The number of hydrogen-bond acceptors (Lipinski definition) is 3. The number of halogens is 1. The monoisotopic (exact) mass is 290 g/mol. The Hall–Kier alpha value is -2.07. The van der Waals surface area contributed by atoms with Crippen molar-refractivity contribution in [2.45, 2.75) is 13.3 Å². The number of aromatic nitrogens is 1. The van der Waals surface area contributed by atoms with Crippen molar-refractivity contribution in [1.29, 1.82) is 0 Å². The Morgan fingerprint density at radius 2 is 2.05 bits per heavy atom. The van der Waals surface area contributed by atoms with Gasteiger partial charge in [0.15, 0.2) is 0 Å². The molecule has 0 aliphatic carbocycles. The van der Waals surface area contributed by atoms with E-state index in [2.05, 4.69) is 10.3 Å². The largest absolute Gasteiger partial charge is 0.491 e. The van der Waals surface area contributed by atoms with Gasteiger partial charge in [0.2, 0.25) is 5.91 Å². The first-order valence-electron chi connectivity index (χ1n) is 6.26. The van der Waals surface area contributed by atoms with Gasteiger partial charge in [-0.2, -0.15) is 0 Å². The number of ether oxygens (including phenoxy) is 1. The van der Waals surface area contributed by atoms with Crippen LogP contribution >= 0.6 is 11.6 Å². The van der Waals surface area contributed by atoms with E-state index in [1.54, 1.807) is 18.2 Å². The molecule has 1 aromatic carbocycles. The number of pyridine rings is 1. The predicted octanol–water partition coefficient (Wildman–Crippen LogP) is 3.45. The molecule has 2 rings (SSSR count). The molecule has 0 aliphatic rings. The first kappa shape index (κ1) is 14.3. The van der Waals surface area contributed by atoms with E-state index in [0.717, 1.165) is 5.69 Å². The third-order valence-electron chi connectivity index (χ3n) is 2.58. The minimum atomic E-state index is -0.143. The lowest BCUT2D eigenvalue weighted by atomic mass is 10.3. The number of nitrogens with one attached hydrogen (secondary N) is 1. The van der Waals surface area contributed by atoms with Crippen LogP contribution in [0.25, 0.3) is 0 Å². The smallest absolute Gasteiger partial charge is 0.228 e. The summed E-state index contributed by atoms with van der Waals surface area (Å²) >= 11 is 5.95. The molecule has 0 atom stereocenters. The van der Waals surface area contributed by atoms with Crippen LogP contribution < -0.4 is 10.1 Å². The molecule has 0 bridgehead atoms. The molecule has 1 aromatic heterocycles. The summed E-state index contributed by atoms with van der Waals surface area (Å²) in [7, 11) is 0. The first-order valence-corrected chi connectivity index (χ1v) is 6.64. The second kappa shape index (κ2) is 6.91. The maximum Gasteiger partial charge on any atom is 0.228 e. The zero-order valence-corrected chi connectivity index (χ0v) is 11.9. The van der Waals surface area contributed by atoms with Crippen molar-refractivity contribution < 1.29 is 9.53 Å². The number of benzene rings is 1. The topological polar surface area (TPSA) is 51.2 Å². The molecule has 0 saturated heterocycles. The Morgan fingerprint density at radius 3 is 2.80 bits per heavy atom. The lowest BCUT2D eigenvalue weighted by Gasteiger charge is -2.08. The van der Waals surface area contributed by atoms with E-state index < -0.39 is 0 Å². The summed E-state index contributed by atoms with van der Waals surface area (Å²) in [5.74, 6) is 0.985. The summed E-state index contributed by atoms with van der Waals surface area (Å²) in [6.45, 7) is 2.14. The Bertz CT molecular complexity index is 602. The highest BCUT2D eigenvalue weighted by atomic mass is 35.5. The molecule has 5 heteroatoms. The third kappa shape index (κ3) is 4.24. The molecular weight excluding hydrogens is 276 g/mol. The van der Waals surface area contributed by atoms with Gasteiger partial charge in [0.25, 0.3) is 0 Å². The molecule has 1 N–H and O–H groups in total. The quantitative estimate of drug-likeness (QED) is 0.917. The summed E-state index contributed by atoms with van der Waals surface area (Å²) in [5, 5.41) is 3.26. The second-order valence-corrected chi connectivity index (χ2v) is 4.65. The van der Waals surface area contributed by atoms with Crippen molar-refractivity contribution in [3.05, 3.63) is 53.2 Å². The summed E-state index contributed by atoms with van der Waals surface area (Å²) in [4.78, 5) is 15.9. The van der Waals surface area contributed by atoms with Crippen molar-refractivity contribution in [3.8, 4) is 5.75 Å². The average molecular weight is 291 g/mol. The van der Waals surface area contributed by atoms with Gasteiger partial charge in [-0.1, -0.05) is 29.8 Å². The Morgan fingerprint density at radius 1 is 1.25 bits per heavy atom. The molecule has 0 radical (unpaired) electrons. The maximum absolute atomic E-state index is 11.7.